The molecule has 0 aromatic carbocycles. The van der Waals surface area contributed by atoms with Crippen LogP contribution in [0.4, 0.5) is 4.79 Å². The Kier molecular flexibility index (Phi) is 6.23. The molecule has 0 aliphatic carbocycles. The molecular formula is C12H21N3O5. The van der Waals surface area contributed by atoms with Gasteiger partial charge in [0.15, 0.2) is 0 Å². The number of carboxylic acid groups (broad SMARTS) is 1. The number of primary amides is 1. The fourth-order valence-electron chi connectivity index (χ4n) is 2.14. The molecule has 0 aromatic heterocycles. The van der Waals surface area contributed by atoms with Gasteiger partial charge in [0.1, 0.15) is 0 Å². The van der Waals surface area contributed by atoms with Gasteiger partial charge in [0, 0.05) is 26.7 Å². The predicted octanol–water partition coefficient (Wildman–Crippen LogP) is -0.617. The van der Waals surface area contributed by atoms with E-state index in [4.69, 9.17) is 15.6 Å². The van der Waals surface area contributed by atoms with Crippen molar-refractivity contribution in [1.82, 2.24) is 10.2 Å². The monoisotopic (exact) mass is 287 g/mol. The number of nitrogens with zero attached hydrogens (tertiary/aromatic N) is 1. The summed E-state index contributed by atoms with van der Waals surface area (Å²) < 4.78 is 4.97. The van der Waals surface area contributed by atoms with Crippen LogP contribution in [0.1, 0.15) is 19.3 Å². The molecule has 0 saturated carbocycles. The summed E-state index contributed by atoms with van der Waals surface area (Å²) in [4.78, 5) is 35.2. The highest BCUT2D eigenvalue weighted by Crippen LogP contribution is 2.15. The minimum Gasteiger partial charge on any atom is -0.481 e. The molecule has 20 heavy (non-hydrogen) atoms. The van der Waals surface area contributed by atoms with Crippen LogP contribution in [0, 0.1) is 5.92 Å². The number of likely N-dealkylation sites (tertiary alicyclic amines) is 1. The molecule has 8 heteroatoms. The highest BCUT2D eigenvalue weighted by Gasteiger charge is 2.27. The summed E-state index contributed by atoms with van der Waals surface area (Å²) in [6.07, 6.45) is 0.664. The zero-order chi connectivity index (χ0) is 15.1. The zero-order valence-electron chi connectivity index (χ0n) is 11.5. The molecule has 2 atom stereocenters. The molecule has 1 aliphatic rings. The van der Waals surface area contributed by atoms with E-state index in [1.807, 2.05) is 0 Å². The predicted molar refractivity (Wildman–Crippen MR) is 69.9 cm³/mol. The van der Waals surface area contributed by atoms with Crippen LogP contribution in [0.15, 0.2) is 0 Å². The Bertz CT molecular complexity index is 374. The van der Waals surface area contributed by atoms with E-state index in [2.05, 4.69) is 5.32 Å². The molecule has 0 radical (unpaired) electrons. The second kappa shape index (κ2) is 7.68. The van der Waals surface area contributed by atoms with Crippen LogP contribution in [0.5, 0.6) is 0 Å². The third kappa shape index (κ3) is 5.04. The Labute approximate surface area is 117 Å². The number of hydrogen-bond donors (Lipinski definition) is 3. The summed E-state index contributed by atoms with van der Waals surface area (Å²) >= 11 is 0. The van der Waals surface area contributed by atoms with Crippen molar-refractivity contribution in [1.29, 1.82) is 0 Å². The largest absolute Gasteiger partial charge is 0.481 e. The summed E-state index contributed by atoms with van der Waals surface area (Å²) in [6, 6.07) is -0.330. The van der Waals surface area contributed by atoms with Crippen LogP contribution in [0.2, 0.25) is 0 Å². The maximum Gasteiger partial charge on any atom is 0.317 e. The van der Waals surface area contributed by atoms with E-state index in [0.717, 1.165) is 6.42 Å². The number of ether oxygens (including phenoxy) is 1. The number of urea groups is 1. The number of piperidine rings is 1. The van der Waals surface area contributed by atoms with Gasteiger partial charge >= 0.3 is 12.0 Å². The van der Waals surface area contributed by atoms with Gasteiger partial charge in [-0.05, 0) is 12.8 Å². The first-order valence-electron chi connectivity index (χ1n) is 6.50. The number of methoxy groups -OCH3 is 1. The number of nitrogens with one attached hydrogen (secondary N) is 1. The number of carbonyl (C=O) groups is 3. The normalized spacial score (nSPS) is 20.2. The van der Waals surface area contributed by atoms with Crippen molar-refractivity contribution in [2.24, 2.45) is 11.7 Å². The van der Waals surface area contributed by atoms with Crippen molar-refractivity contribution in [2.45, 2.75) is 25.4 Å². The van der Waals surface area contributed by atoms with Gasteiger partial charge in [0.25, 0.3) is 0 Å². The molecule has 0 bridgehead atoms. The number of amides is 3. The molecule has 0 spiro atoms. The minimum absolute atomic E-state index is 0.110. The molecule has 8 nitrogen and oxygen atoms in total. The van der Waals surface area contributed by atoms with E-state index >= 15 is 0 Å². The lowest BCUT2D eigenvalue weighted by molar-refractivity contribution is -0.139. The number of carbonyl (C=O) groups excluding carboxylic acids is 2. The molecule has 1 rings (SSSR count). The molecule has 0 aromatic rings. The van der Waals surface area contributed by atoms with Gasteiger partial charge in [-0.2, -0.15) is 0 Å². The van der Waals surface area contributed by atoms with E-state index in [1.54, 1.807) is 0 Å². The minimum atomic E-state index is -0.988. The standard InChI is InChI=1S/C12H21N3O5/c1-20-9(5-10(16)17)6-14-12(19)15-4-2-3-8(7-15)11(13)18/h8-9H,2-7H2,1H3,(H2,13,18)(H,14,19)(H,16,17). The van der Waals surface area contributed by atoms with E-state index < -0.39 is 18.0 Å². The lowest BCUT2D eigenvalue weighted by Gasteiger charge is -2.31. The quantitative estimate of drug-likeness (QED) is 0.601. The summed E-state index contributed by atoms with van der Waals surface area (Å²) in [7, 11) is 1.39. The third-order valence-corrected chi connectivity index (χ3v) is 3.33. The van der Waals surface area contributed by atoms with Crippen molar-refractivity contribution in [3.05, 3.63) is 0 Å². The molecule has 1 fully saturated rings. The Balaban J connectivity index is 2.41. The van der Waals surface area contributed by atoms with E-state index in [-0.39, 0.29) is 24.9 Å². The molecular weight excluding hydrogens is 266 g/mol. The lowest BCUT2D eigenvalue weighted by Crippen LogP contribution is -2.49. The summed E-state index contributed by atoms with van der Waals surface area (Å²) in [5.74, 6) is -1.70. The molecule has 4 N–H and O–H groups in total. The van der Waals surface area contributed by atoms with Crippen LogP contribution in [0.3, 0.4) is 0 Å². The Morgan fingerprint density at radius 3 is 2.75 bits per heavy atom. The van der Waals surface area contributed by atoms with Gasteiger partial charge in [0.05, 0.1) is 18.4 Å². The first-order chi connectivity index (χ1) is 9.43. The average molecular weight is 287 g/mol. The van der Waals surface area contributed by atoms with Crippen LogP contribution in [-0.2, 0) is 14.3 Å². The van der Waals surface area contributed by atoms with E-state index in [1.165, 1.54) is 12.0 Å². The van der Waals surface area contributed by atoms with Crippen molar-refractivity contribution in [2.75, 3.05) is 26.7 Å². The smallest absolute Gasteiger partial charge is 0.317 e. The zero-order valence-corrected chi connectivity index (χ0v) is 11.5. The number of nitrogens with two attached hydrogens (primary N) is 1. The van der Waals surface area contributed by atoms with Crippen molar-refractivity contribution in [3.8, 4) is 0 Å². The third-order valence-electron chi connectivity index (χ3n) is 3.33. The maximum atomic E-state index is 11.9. The SMILES string of the molecule is COC(CNC(=O)N1CCCC(C(N)=O)C1)CC(=O)O. The lowest BCUT2D eigenvalue weighted by atomic mass is 9.98. The molecule has 2 unspecified atom stereocenters. The molecule has 3 amide bonds. The molecule has 1 heterocycles. The van der Waals surface area contributed by atoms with Crippen LogP contribution in [-0.4, -0.2) is 60.8 Å². The highest BCUT2D eigenvalue weighted by molar-refractivity contribution is 5.79. The van der Waals surface area contributed by atoms with Gasteiger partial charge in [0.2, 0.25) is 5.91 Å². The Morgan fingerprint density at radius 1 is 1.50 bits per heavy atom. The van der Waals surface area contributed by atoms with E-state index in [0.29, 0.717) is 19.5 Å². The molecule has 1 saturated heterocycles. The van der Waals surface area contributed by atoms with Crippen molar-refractivity contribution in [3.63, 3.8) is 0 Å². The average Bonchev–Trinajstić information content (AvgIpc) is 2.42. The Morgan fingerprint density at radius 2 is 2.20 bits per heavy atom. The highest BCUT2D eigenvalue weighted by atomic mass is 16.5. The van der Waals surface area contributed by atoms with Crippen molar-refractivity contribution < 1.29 is 24.2 Å². The van der Waals surface area contributed by atoms with Gasteiger partial charge in [-0.25, -0.2) is 4.79 Å². The first kappa shape index (κ1) is 16.2. The summed E-state index contributed by atoms with van der Waals surface area (Å²) in [5.41, 5.74) is 5.25. The molecule has 114 valence electrons. The van der Waals surface area contributed by atoms with Crippen LogP contribution >= 0.6 is 0 Å². The topological polar surface area (TPSA) is 122 Å². The van der Waals surface area contributed by atoms with Gasteiger partial charge in [-0.1, -0.05) is 0 Å². The Hall–Kier alpha value is -1.83. The first-order valence-corrected chi connectivity index (χ1v) is 6.50. The van der Waals surface area contributed by atoms with Crippen molar-refractivity contribution >= 4 is 17.9 Å². The molecule has 1 aliphatic heterocycles. The summed E-state index contributed by atoms with van der Waals surface area (Å²) in [6.45, 7) is 0.976. The number of carboxylic acids is 1. The fraction of sp³-hybridized carbons (Fsp3) is 0.750. The number of aliphatic carboxylic acids is 1. The second-order valence-electron chi connectivity index (χ2n) is 4.83. The second-order valence-corrected chi connectivity index (χ2v) is 4.83. The van der Waals surface area contributed by atoms with Gasteiger partial charge in [-0.3, -0.25) is 9.59 Å². The van der Waals surface area contributed by atoms with Gasteiger partial charge in [-0.15, -0.1) is 0 Å². The van der Waals surface area contributed by atoms with Crippen LogP contribution < -0.4 is 11.1 Å². The van der Waals surface area contributed by atoms with Gasteiger partial charge < -0.3 is 25.8 Å². The maximum absolute atomic E-state index is 11.9. The number of rotatable bonds is 6. The van der Waals surface area contributed by atoms with Crippen LogP contribution in [0.25, 0.3) is 0 Å². The summed E-state index contributed by atoms with van der Waals surface area (Å²) in [5, 5.41) is 11.3. The number of hydrogen-bond acceptors (Lipinski definition) is 4. The van der Waals surface area contributed by atoms with E-state index in [9.17, 15) is 14.4 Å². The fourth-order valence-corrected chi connectivity index (χ4v) is 2.14.